The van der Waals surface area contributed by atoms with Gasteiger partial charge >= 0.3 is 0 Å². The molecule has 1 aromatic carbocycles. The summed E-state index contributed by atoms with van der Waals surface area (Å²) >= 11 is 0. The number of nitrogens with zero attached hydrogens (tertiary/aromatic N) is 2. The highest BCUT2D eigenvalue weighted by Crippen LogP contribution is 2.26. The molecule has 96 valence electrons. The van der Waals surface area contributed by atoms with Crippen LogP contribution in [0.15, 0.2) is 48.9 Å². The number of aromatic nitrogens is 2. The van der Waals surface area contributed by atoms with Crippen LogP contribution in [0.5, 0.6) is 0 Å². The van der Waals surface area contributed by atoms with Crippen LogP contribution in [0.25, 0.3) is 22.0 Å². The molecule has 0 atom stereocenters. The molecule has 0 aliphatic rings. The van der Waals surface area contributed by atoms with Crippen molar-refractivity contribution in [3.05, 3.63) is 54.5 Å². The molecule has 3 aromatic rings. The molecule has 19 heavy (non-hydrogen) atoms. The zero-order valence-corrected chi connectivity index (χ0v) is 11.2. The predicted molar refractivity (Wildman–Crippen MR) is 78.9 cm³/mol. The number of pyridine rings is 1. The first-order valence-corrected chi connectivity index (χ1v) is 6.39. The van der Waals surface area contributed by atoms with Crippen LogP contribution in [-0.2, 0) is 6.54 Å². The number of aromatic amines is 1. The molecule has 3 rings (SSSR count). The minimum Gasteiger partial charge on any atom is -0.361 e. The number of benzene rings is 1. The van der Waals surface area contributed by atoms with Crippen molar-refractivity contribution in [1.29, 1.82) is 0 Å². The van der Waals surface area contributed by atoms with Crippen molar-refractivity contribution in [2.45, 2.75) is 6.54 Å². The average molecular weight is 251 g/mol. The summed E-state index contributed by atoms with van der Waals surface area (Å²) in [6, 6.07) is 10.6. The molecular weight excluding hydrogens is 234 g/mol. The Hall–Kier alpha value is -2.13. The third kappa shape index (κ3) is 2.37. The van der Waals surface area contributed by atoms with E-state index in [2.05, 4.69) is 59.4 Å². The molecule has 0 bridgehead atoms. The van der Waals surface area contributed by atoms with Crippen molar-refractivity contribution < 1.29 is 0 Å². The highest BCUT2D eigenvalue weighted by atomic mass is 15.0. The molecular formula is C16H17N3. The van der Waals surface area contributed by atoms with Crippen molar-refractivity contribution in [3.63, 3.8) is 0 Å². The highest BCUT2D eigenvalue weighted by Gasteiger charge is 2.06. The van der Waals surface area contributed by atoms with Crippen LogP contribution in [0.1, 0.15) is 5.56 Å². The van der Waals surface area contributed by atoms with Crippen LogP contribution in [0, 0.1) is 0 Å². The maximum absolute atomic E-state index is 4.18. The highest BCUT2D eigenvalue weighted by molar-refractivity contribution is 5.87. The summed E-state index contributed by atoms with van der Waals surface area (Å²) in [5.74, 6) is 0. The van der Waals surface area contributed by atoms with Gasteiger partial charge < -0.3 is 9.88 Å². The van der Waals surface area contributed by atoms with E-state index in [-0.39, 0.29) is 0 Å². The maximum atomic E-state index is 4.18. The maximum Gasteiger partial charge on any atom is 0.0457 e. The van der Waals surface area contributed by atoms with E-state index in [1.807, 2.05) is 12.3 Å². The SMILES string of the molecule is CN(C)Cc1c[nH]c2ccc(-c3cccnc3)cc12. The smallest absolute Gasteiger partial charge is 0.0457 e. The van der Waals surface area contributed by atoms with Crippen molar-refractivity contribution in [2.24, 2.45) is 0 Å². The first-order chi connectivity index (χ1) is 9.24. The minimum absolute atomic E-state index is 0.941. The zero-order chi connectivity index (χ0) is 13.2. The average Bonchev–Trinajstić information content (AvgIpc) is 2.82. The minimum atomic E-state index is 0.941. The second-order valence-corrected chi connectivity index (χ2v) is 5.05. The van der Waals surface area contributed by atoms with Gasteiger partial charge in [0.25, 0.3) is 0 Å². The number of hydrogen-bond donors (Lipinski definition) is 1. The van der Waals surface area contributed by atoms with Crippen LogP contribution in [-0.4, -0.2) is 29.0 Å². The summed E-state index contributed by atoms with van der Waals surface area (Å²) in [6.45, 7) is 0.941. The number of nitrogens with one attached hydrogen (secondary N) is 1. The molecule has 0 saturated heterocycles. The molecule has 0 aliphatic carbocycles. The lowest BCUT2D eigenvalue weighted by atomic mass is 10.0. The van der Waals surface area contributed by atoms with Crippen molar-refractivity contribution in [3.8, 4) is 11.1 Å². The van der Waals surface area contributed by atoms with Gasteiger partial charge in [0.1, 0.15) is 0 Å². The molecule has 0 fully saturated rings. The molecule has 0 spiro atoms. The van der Waals surface area contributed by atoms with E-state index in [1.165, 1.54) is 22.0 Å². The lowest BCUT2D eigenvalue weighted by molar-refractivity contribution is 0.404. The monoisotopic (exact) mass is 251 g/mol. The van der Waals surface area contributed by atoms with Crippen molar-refractivity contribution >= 4 is 10.9 Å². The molecule has 0 amide bonds. The lowest BCUT2D eigenvalue weighted by Crippen LogP contribution is -2.10. The van der Waals surface area contributed by atoms with Crippen molar-refractivity contribution in [2.75, 3.05) is 14.1 Å². The van der Waals surface area contributed by atoms with Gasteiger partial charge in [0.2, 0.25) is 0 Å². The van der Waals surface area contributed by atoms with Crippen LogP contribution in [0.2, 0.25) is 0 Å². The van der Waals surface area contributed by atoms with Gasteiger partial charge in [0, 0.05) is 41.6 Å². The van der Waals surface area contributed by atoms with E-state index < -0.39 is 0 Å². The number of hydrogen-bond acceptors (Lipinski definition) is 2. The van der Waals surface area contributed by atoms with Crippen LogP contribution < -0.4 is 0 Å². The van der Waals surface area contributed by atoms with Gasteiger partial charge in [0.15, 0.2) is 0 Å². The van der Waals surface area contributed by atoms with Gasteiger partial charge in [-0.15, -0.1) is 0 Å². The Morgan fingerprint density at radius 2 is 2.05 bits per heavy atom. The molecule has 0 aliphatic heterocycles. The second kappa shape index (κ2) is 4.86. The van der Waals surface area contributed by atoms with Crippen LogP contribution in [0.3, 0.4) is 0 Å². The second-order valence-electron chi connectivity index (χ2n) is 5.05. The number of H-pyrrole nitrogens is 1. The number of rotatable bonds is 3. The summed E-state index contributed by atoms with van der Waals surface area (Å²) in [5.41, 5.74) is 4.87. The summed E-state index contributed by atoms with van der Waals surface area (Å²) in [5, 5.41) is 1.29. The van der Waals surface area contributed by atoms with Crippen LogP contribution in [0.4, 0.5) is 0 Å². The lowest BCUT2D eigenvalue weighted by Gasteiger charge is -2.08. The molecule has 3 nitrogen and oxygen atoms in total. The van der Waals surface area contributed by atoms with Gasteiger partial charge in [-0.05, 0) is 43.4 Å². The zero-order valence-electron chi connectivity index (χ0n) is 11.2. The molecule has 2 heterocycles. The summed E-state index contributed by atoms with van der Waals surface area (Å²) in [4.78, 5) is 9.69. The third-order valence-electron chi connectivity index (χ3n) is 3.25. The Morgan fingerprint density at radius 3 is 2.79 bits per heavy atom. The topological polar surface area (TPSA) is 31.9 Å². The first kappa shape index (κ1) is 11.9. The summed E-state index contributed by atoms with van der Waals surface area (Å²) < 4.78 is 0. The van der Waals surface area contributed by atoms with E-state index in [1.54, 1.807) is 6.20 Å². The first-order valence-electron chi connectivity index (χ1n) is 6.39. The third-order valence-corrected chi connectivity index (χ3v) is 3.25. The Balaban J connectivity index is 2.09. The molecule has 3 heteroatoms. The largest absolute Gasteiger partial charge is 0.361 e. The molecule has 0 radical (unpaired) electrons. The molecule has 2 aromatic heterocycles. The fourth-order valence-corrected chi connectivity index (χ4v) is 2.36. The van der Waals surface area contributed by atoms with Gasteiger partial charge in [-0.25, -0.2) is 0 Å². The molecule has 0 unspecified atom stereocenters. The predicted octanol–water partition coefficient (Wildman–Crippen LogP) is 3.29. The van der Waals surface area contributed by atoms with E-state index in [0.717, 1.165) is 12.1 Å². The normalized spacial score (nSPS) is 11.3. The Labute approximate surface area is 112 Å². The van der Waals surface area contributed by atoms with E-state index in [0.29, 0.717) is 0 Å². The fourth-order valence-electron chi connectivity index (χ4n) is 2.36. The molecule has 0 saturated carbocycles. The Kier molecular flexibility index (Phi) is 3.05. The van der Waals surface area contributed by atoms with Gasteiger partial charge in [0.05, 0.1) is 0 Å². The van der Waals surface area contributed by atoms with E-state index >= 15 is 0 Å². The van der Waals surface area contributed by atoms with Crippen molar-refractivity contribution in [1.82, 2.24) is 14.9 Å². The standard InChI is InChI=1S/C16H17N3/c1-19(2)11-14-10-18-16-6-5-12(8-15(14)16)13-4-3-7-17-9-13/h3-10,18H,11H2,1-2H3. The summed E-state index contributed by atoms with van der Waals surface area (Å²) in [6.07, 6.45) is 5.80. The van der Waals surface area contributed by atoms with Gasteiger partial charge in [-0.1, -0.05) is 12.1 Å². The van der Waals surface area contributed by atoms with Crippen LogP contribution >= 0.6 is 0 Å². The quantitative estimate of drug-likeness (QED) is 0.774. The number of fused-ring (bicyclic) bond motifs is 1. The van der Waals surface area contributed by atoms with Gasteiger partial charge in [-0.3, -0.25) is 4.98 Å². The summed E-state index contributed by atoms with van der Waals surface area (Å²) in [7, 11) is 4.17. The molecule has 1 N–H and O–H groups in total. The van der Waals surface area contributed by atoms with E-state index in [4.69, 9.17) is 0 Å². The Morgan fingerprint density at radius 1 is 1.16 bits per heavy atom. The fraction of sp³-hybridized carbons (Fsp3) is 0.188. The Bertz CT molecular complexity index is 684. The van der Waals surface area contributed by atoms with E-state index in [9.17, 15) is 0 Å². The van der Waals surface area contributed by atoms with Gasteiger partial charge in [-0.2, -0.15) is 0 Å².